The highest BCUT2D eigenvalue weighted by Crippen LogP contribution is 2.26. The molecule has 0 unspecified atom stereocenters. The molecular weight excluding hydrogens is 348 g/mol. The van der Waals surface area contributed by atoms with E-state index >= 15 is 0 Å². The zero-order chi connectivity index (χ0) is 18.0. The predicted octanol–water partition coefficient (Wildman–Crippen LogP) is 1.50. The molecule has 2 heterocycles. The van der Waals surface area contributed by atoms with Crippen molar-refractivity contribution < 1.29 is 23.1 Å². The fourth-order valence-corrected chi connectivity index (χ4v) is 2.61. The number of nitrogens with one attached hydrogen (secondary N) is 2. The van der Waals surface area contributed by atoms with Gasteiger partial charge in [0.05, 0.1) is 24.1 Å². The molecule has 9 nitrogen and oxygen atoms in total. The Labute approximate surface area is 142 Å². The van der Waals surface area contributed by atoms with Gasteiger partial charge in [-0.05, 0) is 18.2 Å². The Morgan fingerprint density at radius 1 is 1.32 bits per heavy atom. The molecular formula is C15H14N4O5S. The maximum atomic E-state index is 11.2. The summed E-state index contributed by atoms with van der Waals surface area (Å²) < 4.78 is 30.2. The summed E-state index contributed by atoms with van der Waals surface area (Å²) >= 11 is 0. The van der Waals surface area contributed by atoms with E-state index in [2.05, 4.69) is 19.7 Å². The SMILES string of the molecule is CS(=O)(=O)NCc1cc(Oc2ccc3[nH]cc(C(=O)O)c3c2)ncn1. The van der Waals surface area contributed by atoms with Gasteiger partial charge >= 0.3 is 5.97 Å². The second-order valence-electron chi connectivity index (χ2n) is 5.26. The van der Waals surface area contributed by atoms with Crippen molar-refractivity contribution in [3.05, 3.63) is 48.0 Å². The Bertz CT molecular complexity index is 1050. The van der Waals surface area contributed by atoms with Gasteiger partial charge in [0.1, 0.15) is 12.1 Å². The molecule has 1 aromatic carbocycles. The Hall–Kier alpha value is -2.98. The average Bonchev–Trinajstić information content (AvgIpc) is 2.96. The molecule has 0 fully saturated rings. The van der Waals surface area contributed by atoms with Crippen LogP contribution in [0.1, 0.15) is 16.1 Å². The van der Waals surface area contributed by atoms with Gasteiger partial charge in [0.2, 0.25) is 15.9 Å². The number of benzene rings is 1. The van der Waals surface area contributed by atoms with E-state index in [1.54, 1.807) is 18.2 Å². The summed E-state index contributed by atoms with van der Waals surface area (Å²) in [6.07, 6.45) is 3.72. The van der Waals surface area contributed by atoms with Gasteiger partial charge in [-0.2, -0.15) is 0 Å². The van der Waals surface area contributed by atoms with Crippen molar-refractivity contribution in [3.63, 3.8) is 0 Å². The van der Waals surface area contributed by atoms with E-state index in [0.717, 1.165) is 6.26 Å². The highest BCUT2D eigenvalue weighted by Gasteiger charge is 2.12. The maximum absolute atomic E-state index is 11.2. The van der Waals surface area contributed by atoms with Crippen molar-refractivity contribution in [2.24, 2.45) is 0 Å². The van der Waals surface area contributed by atoms with Crippen LogP contribution < -0.4 is 9.46 Å². The number of carboxylic acids is 1. The van der Waals surface area contributed by atoms with Crippen LogP contribution in [0.25, 0.3) is 10.9 Å². The van der Waals surface area contributed by atoms with Crippen LogP contribution in [0, 0.1) is 0 Å². The topological polar surface area (TPSA) is 134 Å². The first-order valence-corrected chi connectivity index (χ1v) is 8.99. The third kappa shape index (κ3) is 4.11. The normalized spacial score (nSPS) is 11.6. The summed E-state index contributed by atoms with van der Waals surface area (Å²) in [6, 6.07) is 6.45. The zero-order valence-electron chi connectivity index (χ0n) is 13.1. The van der Waals surface area contributed by atoms with Gasteiger partial charge in [0, 0.05) is 23.2 Å². The third-order valence-corrected chi connectivity index (χ3v) is 3.99. The molecule has 0 saturated carbocycles. The van der Waals surface area contributed by atoms with Crippen molar-refractivity contribution in [2.75, 3.05) is 6.26 Å². The lowest BCUT2D eigenvalue weighted by molar-refractivity contribution is 0.0699. The number of ether oxygens (including phenoxy) is 1. The second kappa shape index (κ2) is 6.49. The molecule has 0 spiro atoms. The van der Waals surface area contributed by atoms with Crippen molar-refractivity contribution in [1.29, 1.82) is 0 Å². The van der Waals surface area contributed by atoms with Crippen molar-refractivity contribution in [1.82, 2.24) is 19.7 Å². The Morgan fingerprint density at radius 2 is 2.12 bits per heavy atom. The molecule has 0 saturated heterocycles. The number of aromatic nitrogens is 3. The third-order valence-electron chi connectivity index (χ3n) is 3.32. The molecule has 0 atom stereocenters. The summed E-state index contributed by atoms with van der Waals surface area (Å²) in [5.41, 5.74) is 1.25. The number of carbonyl (C=O) groups is 1. The molecule has 3 rings (SSSR count). The van der Waals surface area contributed by atoms with Crippen LogP contribution in [-0.2, 0) is 16.6 Å². The first-order valence-electron chi connectivity index (χ1n) is 7.10. The van der Waals surface area contributed by atoms with E-state index in [0.29, 0.717) is 22.3 Å². The number of sulfonamides is 1. The van der Waals surface area contributed by atoms with Crippen LogP contribution in [-0.4, -0.2) is 40.7 Å². The Kier molecular flexibility index (Phi) is 4.38. The average molecular weight is 362 g/mol. The van der Waals surface area contributed by atoms with Crippen LogP contribution in [0.15, 0.2) is 36.8 Å². The quantitative estimate of drug-likeness (QED) is 0.605. The summed E-state index contributed by atoms with van der Waals surface area (Å²) in [5, 5.41) is 9.69. The molecule has 3 aromatic rings. The summed E-state index contributed by atoms with van der Waals surface area (Å²) in [4.78, 5) is 22.0. The number of aromatic amines is 1. The molecule has 0 bridgehead atoms. The van der Waals surface area contributed by atoms with Gasteiger partial charge in [-0.25, -0.2) is 27.9 Å². The molecule has 0 aliphatic rings. The smallest absolute Gasteiger partial charge is 0.337 e. The van der Waals surface area contributed by atoms with Gasteiger partial charge in [-0.15, -0.1) is 0 Å². The van der Waals surface area contributed by atoms with E-state index < -0.39 is 16.0 Å². The lowest BCUT2D eigenvalue weighted by Gasteiger charge is -2.07. The van der Waals surface area contributed by atoms with Gasteiger partial charge < -0.3 is 14.8 Å². The number of fused-ring (bicyclic) bond motifs is 1. The van der Waals surface area contributed by atoms with E-state index in [9.17, 15) is 18.3 Å². The predicted molar refractivity (Wildman–Crippen MR) is 89.0 cm³/mol. The minimum atomic E-state index is -3.34. The first-order chi connectivity index (χ1) is 11.8. The number of aromatic carboxylic acids is 1. The minimum Gasteiger partial charge on any atom is -0.478 e. The van der Waals surface area contributed by atoms with E-state index in [-0.39, 0.29) is 18.0 Å². The minimum absolute atomic E-state index is 0.0116. The molecule has 3 N–H and O–H groups in total. The number of carboxylic acid groups (broad SMARTS) is 1. The van der Waals surface area contributed by atoms with Crippen molar-refractivity contribution in [2.45, 2.75) is 6.54 Å². The number of nitrogens with zero attached hydrogens (tertiary/aromatic N) is 2. The Morgan fingerprint density at radius 3 is 2.84 bits per heavy atom. The monoisotopic (exact) mass is 362 g/mol. The van der Waals surface area contributed by atoms with Gasteiger partial charge in [0.15, 0.2) is 0 Å². The van der Waals surface area contributed by atoms with Crippen LogP contribution in [0.5, 0.6) is 11.6 Å². The standard InChI is InChI=1S/C15H14N4O5S/c1-25(22,23)19-6-9-4-14(18-8-17-9)24-10-2-3-13-11(5-10)12(7-16-13)15(20)21/h2-5,7-8,16,19H,6H2,1H3,(H,20,21). The largest absolute Gasteiger partial charge is 0.478 e. The van der Waals surface area contributed by atoms with Crippen LogP contribution in [0.2, 0.25) is 0 Å². The molecule has 25 heavy (non-hydrogen) atoms. The van der Waals surface area contributed by atoms with Gasteiger partial charge in [-0.3, -0.25) is 0 Å². The molecule has 0 amide bonds. The fourth-order valence-electron chi connectivity index (χ4n) is 2.20. The summed E-state index contributed by atoms with van der Waals surface area (Å²) in [5.74, 6) is -0.429. The van der Waals surface area contributed by atoms with Crippen LogP contribution in [0.3, 0.4) is 0 Å². The maximum Gasteiger partial charge on any atom is 0.337 e. The lowest BCUT2D eigenvalue weighted by Crippen LogP contribution is -2.21. The van der Waals surface area contributed by atoms with Crippen molar-refractivity contribution in [3.8, 4) is 11.6 Å². The molecule has 0 radical (unpaired) electrons. The van der Waals surface area contributed by atoms with E-state index in [1.807, 2.05) is 0 Å². The number of H-pyrrole nitrogens is 1. The van der Waals surface area contributed by atoms with E-state index in [4.69, 9.17) is 4.74 Å². The number of hydrogen-bond donors (Lipinski definition) is 3. The van der Waals surface area contributed by atoms with Crippen molar-refractivity contribution >= 4 is 26.9 Å². The number of rotatable bonds is 6. The zero-order valence-corrected chi connectivity index (χ0v) is 13.9. The second-order valence-corrected chi connectivity index (χ2v) is 7.09. The summed E-state index contributed by atoms with van der Waals surface area (Å²) in [7, 11) is -3.34. The van der Waals surface area contributed by atoms with Crippen LogP contribution in [0.4, 0.5) is 0 Å². The van der Waals surface area contributed by atoms with Gasteiger partial charge in [-0.1, -0.05) is 0 Å². The highest BCUT2D eigenvalue weighted by atomic mass is 32.2. The lowest BCUT2D eigenvalue weighted by atomic mass is 10.1. The number of hydrogen-bond acceptors (Lipinski definition) is 6. The Balaban J connectivity index is 1.83. The van der Waals surface area contributed by atoms with Gasteiger partial charge in [0.25, 0.3) is 0 Å². The van der Waals surface area contributed by atoms with Crippen LogP contribution >= 0.6 is 0 Å². The first kappa shape index (κ1) is 16.9. The fraction of sp³-hybridized carbons (Fsp3) is 0.133. The summed E-state index contributed by atoms with van der Waals surface area (Å²) in [6.45, 7) is 0.0116. The molecule has 2 aromatic heterocycles. The molecule has 0 aliphatic carbocycles. The molecule has 130 valence electrons. The van der Waals surface area contributed by atoms with E-state index in [1.165, 1.54) is 18.6 Å². The molecule has 10 heteroatoms. The molecule has 0 aliphatic heterocycles. The highest BCUT2D eigenvalue weighted by molar-refractivity contribution is 7.88.